The fraction of sp³-hybridized carbons (Fsp3) is 0.850. The topological polar surface area (TPSA) is 153 Å². The van der Waals surface area contributed by atoms with Crippen LogP contribution in [0.1, 0.15) is 53.9 Å². The standard InChI is InChI=1S/C20H38ClNO12P2/c1-6-17(23)29-16-30-20(25)22(14-15-28-19(21)24)13-11-12-18(35(26,31-7-2)32-8-3)36(27,33-9-4)34-10-5/h18H,6-16H2,1-5H3. The van der Waals surface area contributed by atoms with Crippen molar-refractivity contribution >= 4 is 44.3 Å². The number of hydrogen-bond acceptors (Lipinski definition) is 12. The number of ether oxygens (including phenoxy) is 3. The third kappa shape index (κ3) is 12.9. The number of amides is 1. The molecule has 0 spiro atoms. The van der Waals surface area contributed by atoms with E-state index in [0.29, 0.717) is 0 Å². The molecule has 0 saturated carbocycles. The molecule has 0 aromatic rings. The molecular weight excluding hydrogens is 544 g/mol. The van der Waals surface area contributed by atoms with Gasteiger partial charge in [-0.2, -0.15) is 0 Å². The van der Waals surface area contributed by atoms with Crippen molar-refractivity contribution in [3.05, 3.63) is 0 Å². The van der Waals surface area contributed by atoms with Crippen LogP contribution in [0.25, 0.3) is 0 Å². The van der Waals surface area contributed by atoms with Crippen molar-refractivity contribution < 1.29 is 55.8 Å². The van der Waals surface area contributed by atoms with E-state index in [1.807, 2.05) is 0 Å². The normalized spacial score (nSPS) is 11.9. The van der Waals surface area contributed by atoms with Crippen molar-refractivity contribution in [3.63, 3.8) is 0 Å². The maximum Gasteiger partial charge on any atom is 0.412 e. The SMILES string of the molecule is CCOP(=O)(OCC)C(CCCN(CCOC(=O)Cl)C(=O)OCOC(=O)CC)P(=O)(OCC)OCC. The van der Waals surface area contributed by atoms with Crippen LogP contribution in [0.3, 0.4) is 0 Å². The molecule has 0 N–H and O–H groups in total. The molecule has 0 rings (SSSR count). The lowest BCUT2D eigenvalue weighted by Gasteiger charge is -2.32. The zero-order chi connectivity index (χ0) is 27.6. The lowest BCUT2D eigenvalue weighted by atomic mass is 10.3. The molecule has 0 atom stereocenters. The Labute approximate surface area is 217 Å². The molecule has 0 aliphatic rings. The zero-order valence-corrected chi connectivity index (χ0v) is 24.0. The van der Waals surface area contributed by atoms with Gasteiger partial charge in [-0.1, -0.05) is 6.92 Å². The Morgan fingerprint density at radius 3 is 1.69 bits per heavy atom. The summed E-state index contributed by atoms with van der Waals surface area (Å²) >= 11 is 5.17. The van der Waals surface area contributed by atoms with Gasteiger partial charge in [0.2, 0.25) is 6.79 Å². The van der Waals surface area contributed by atoms with E-state index in [4.69, 9.17) is 39.2 Å². The number of esters is 1. The van der Waals surface area contributed by atoms with Crippen molar-refractivity contribution in [1.29, 1.82) is 0 Å². The van der Waals surface area contributed by atoms with Gasteiger partial charge in [-0.05, 0) is 40.5 Å². The van der Waals surface area contributed by atoms with Crippen molar-refractivity contribution in [2.75, 3.05) is 52.9 Å². The first-order valence-electron chi connectivity index (χ1n) is 11.7. The van der Waals surface area contributed by atoms with Crippen LogP contribution in [0.2, 0.25) is 0 Å². The van der Waals surface area contributed by atoms with Crippen LogP contribution in [0.5, 0.6) is 0 Å². The Hall–Kier alpha value is -1.20. The van der Waals surface area contributed by atoms with Gasteiger partial charge in [-0.15, -0.1) is 0 Å². The largest absolute Gasteiger partial charge is 0.452 e. The summed E-state index contributed by atoms with van der Waals surface area (Å²) in [7, 11) is -7.91. The minimum atomic E-state index is -3.95. The van der Waals surface area contributed by atoms with Gasteiger partial charge in [0.15, 0.2) is 5.40 Å². The monoisotopic (exact) mass is 581 g/mol. The fourth-order valence-corrected chi connectivity index (χ4v) is 8.50. The van der Waals surface area contributed by atoms with Gasteiger partial charge in [0.25, 0.3) is 0 Å². The van der Waals surface area contributed by atoms with E-state index in [1.54, 1.807) is 34.6 Å². The van der Waals surface area contributed by atoms with Crippen LogP contribution < -0.4 is 0 Å². The third-order valence-corrected chi connectivity index (χ3v) is 10.6. The molecule has 13 nitrogen and oxygen atoms in total. The summed E-state index contributed by atoms with van der Waals surface area (Å²) in [6.07, 6.45) is -0.652. The first kappa shape index (κ1) is 34.8. The average molecular weight is 582 g/mol. The van der Waals surface area contributed by atoms with Gasteiger partial charge in [0.05, 0.1) is 33.0 Å². The van der Waals surface area contributed by atoms with Crippen LogP contribution in [0.4, 0.5) is 9.59 Å². The molecule has 0 bridgehead atoms. The van der Waals surface area contributed by atoms with Gasteiger partial charge in [-0.3, -0.25) is 13.9 Å². The second-order valence-corrected chi connectivity index (χ2v) is 12.0. The Bertz CT molecular complexity index is 719. The second kappa shape index (κ2) is 19.0. The number of hydrogen-bond donors (Lipinski definition) is 0. The van der Waals surface area contributed by atoms with Gasteiger partial charge in [0.1, 0.15) is 6.61 Å². The molecule has 16 heteroatoms. The zero-order valence-electron chi connectivity index (χ0n) is 21.5. The maximum atomic E-state index is 13.6. The highest BCUT2D eigenvalue weighted by molar-refractivity contribution is 7.72. The summed E-state index contributed by atoms with van der Waals surface area (Å²) in [6.45, 7) is 7.25. The molecular formula is C20H38ClNO12P2. The molecule has 0 radical (unpaired) electrons. The van der Waals surface area contributed by atoms with E-state index < -0.39 is 44.9 Å². The number of carbonyl (C=O) groups excluding carboxylic acids is 3. The van der Waals surface area contributed by atoms with Crippen LogP contribution in [-0.4, -0.2) is 80.7 Å². The minimum absolute atomic E-state index is 0.00655. The lowest BCUT2D eigenvalue weighted by molar-refractivity contribution is -0.152. The highest BCUT2D eigenvalue weighted by atomic mass is 35.5. The molecule has 0 aliphatic heterocycles. The first-order chi connectivity index (χ1) is 17.0. The molecule has 36 heavy (non-hydrogen) atoms. The Morgan fingerprint density at radius 1 is 0.778 bits per heavy atom. The van der Waals surface area contributed by atoms with Gasteiger partial charge in [0, 0.05) is 24.6 Å². The van der Waals surface area contributed by atoms with Crippen molar-refractivity contribution in [3.8, 4) is 0 Å². The van der Waals surface area contributed by atoms with Crippen molar-refractivity contribution in [1.82, 2.24) is 4.90 Å². The van der Waals surface area contributed by atoms with Crippen LogP contribution in [0, 0.1) is 0 Å². The van der Waals surface area contributed by atoms with Crippen molar-refractivity contribution in [2.45, 2.75) is 59.3 Å². The van der Waals surface area contributed by atoms with E-state index >= 15 is 0 Å². The summed E-state index contributed by atoms with van der Waals surface area (Å²) < 4.78 is 63.3. The summed E-state index contributed by atoms with van der Waals surface area (Å²) in [5, 5.41) is -1.26. The summed E-state index contributed by atoms with van der Waals surface area (Å²) in [6, 6.07) is 0. The summed E-state index contributed by atoms with van der Waals surface area (Å²) in [4.78, 5) is 35.8. The number of nitrogens with zero attached hydrogens (tertiary/aromatic N) is 1. The second-order valence-electron chi connectivity index (χ2n) is 6.84. The fourth-order valence-electron chi connectivity index (χ4n) is 2.96. The first-order valence-corrected chi connectivity index (χ1v) is 15.3. The van der Waals surface area contributed by atoms with Gasteiger partial charge >= 0.3 is 32.7 Å². The average Bonchev–Trinajstić information content (AvgIpc) is 2.80. The van der Waals surface area contributed by atoms with Crippen LogP contribution in [0.15, 0.2) is 0 Å². The Kier molecular flexibility index (Phi) is 18.3. The number of carbonyl (C=O) groups is 3. The Balaban J connectivity index is 5.65. The molecule has 0 unspecified atom stereocenters. The molecule has 0 saturated heterocycles. The van der Waals surface area contributed by atoms with E-state index in [-0.39, 0.29) is 65.4 Å². The quantitative estimate of drug-likeness (QED) is 0.0787. The molecule has 0 heterocycles. The highest BCUT2D eigenvalue weighted by Gasteiger charge is 2.50. The molecule has 212 valence electrons. The van der Waals surface area contributed by atoms with E-state index in [0.717, 1.165) is 4.90 Å². The molecule has 0 aliphatic carbocycles. The molecule has 0 aromatic heterocycles. The predicted molar refractivity (Wildman–Crippen MR) is 131 cm³/mol. The number of rotatable bonds is 20. The third-order valence-electron chi connectivity index (χ3n) is 4.38. The van der Waals surface area contributed by atoms with Crippen LogP contribution >= 0.6 is 26.8 Å². The lowest BCUT2D eigenvalue weighted by Crippen LogP contribution is -2.36. The minimum Gasteiger partial charge on any atom is -0.452 e. The summed E-state index contributed by atoms with van der Waals surface area (Å²) in [5.41, 5.74) is -1.05. The van der Waals surface area contributed by atoms with E-state index in [1.165, 1.54) is 0 Å². The van der Waals surface area contributed by atoms with Crippen molar-refractivity contribution in [2.24, 2.45) is 0 Å². The van der Waals surface area contributed by atoms with Gasteiger partial charge < -0.3 is 37.2 Å². The predicted octanol–water partition coefficient (Wildman–Crippen LogP) is 5.35. The number of halogens is 1. The van der Waals surface area contributed by atoms with Gasteiger partial charge in [-0.25, -0.2) is 9.59 Å². The smallest absolute Gasteiger partial charge is 0.412 e. The Morgan fingerprint density at radius 2 is 1.28 bits per heavy atom. The highest BCUT2D eigenvalue weighted by Crippen LogP contribution is 2.71. The van der Waals surface area contributed by atoms with E-state index in [2.05, 4.69) is 4.74 Å². The molecule has 0 aromatic carbocycles. The maximum absolute atomic E-state index is 13.6. The van der Waals surface area contributed by atoms with E-state index in [9.17, 15) is 23.5 Å². The van der Waals surface area contributed by atoms with Crippen LogP contribution in [-0.2, 0) is 46.2 Å². The molecule has 1 amide bonds. The molecule has 0 fully saturated rings. The summed E-state index contributed by atoms with van der Waals surface area (Å²) in [5.74, 6) is -0.557.